The Kier molecular flexibility index (Phi) is 8.65. The van der Waals surface area contributed by atoms with Crippen molar-refractivity contribution in [1.82, 2.24) is 0 Å². The van der Waals surface area contributed by atoms with Gasteiger partial charge in [0.2, 0.25) is 0 Å². The minimum atomic E-state index is -1.16. The van der Waals surface area contributed by atoms with E-state index >= 15 is 0 Å². The van der Waals surface area contributed by atoms with E-state index < -0.39 is 9.28 Å². The molecule has 0 fully saturated rings. The first-order chi connectivity index (χ1) is 7.65. The molecule has 5 heteroatoms. The average molecular weight is 241 g/mol. The summed E-state index contributed by atoms with van der Waals surface area (Å²) in [4.78, 5) is 10.9. The number of hydrogen-bond donors (Lipinski definition) is 1. The Labute approximate surface area is 98.2 Å². The zero-order valence-electron chi connectivity index (χ0n) is 9.97. The predicted octanol–water partition coefficient (Wildman–Crippen LogP) is 0.957. The van der Waals surface area contributed by atoms with Gasteiger partial charge in [-0.15, -0.1) is 0 Å². The lowest BCUT2D eigenvalue weighted by Gasteiger charge is -2.00. The molecule has 0 radical (unpaired) electrons. The van der Waals surface area contributed by atoms with Gasteiger partial charge in [-0.3, -0.25) is 4.79 Å². The Morgan fingerprint density at radius 2 is 1.75 bits per heavy atom. The molecule has 90 valence electrons. The molecule has 1 rings (SSSR count). The maximum Gasteiger partial charge on any atom is 0.317 e. The number of Topliss-reactive ketones (excluding diaryl/α,β-unsaturated/α-hetero) is 1. The standard InChI is InChI=1S/C8H9NO.C3H10O2Si/c9-6-8(10)7-4-2-1-3-5-7;1-4-6(3)5-2/h1-5H,6,9H2;6H,1-3H3. The largest absolute Gasteiger partial charge is 0.400 e. The third-order valence-electron chi connectivity index (χ3n) is 1.95. The van der Waals surface area contributed by atoms with Crippen molar-refractivity contribution in [3.8, 4) is 0 Å². The van der Waals surface area contributed by atoms with Crippen LogP contribution in [0, 0.1) is 0 Å². The number of nitrogens with two attached hydrogens (primary N) is 1. The predicted molar refractivity (Wildman–Crippen MR) is 66.9 cm³/mol. The van der Waals surface area contributed by atoms with Gasteiger partial charge >= 0.3 is 9.28 Å². The molecule has 1 aromatic carbocycles. The van der Waals surface area contributed by atoms with Crippen LogP contribution in [0.4, 0.5) is 0 Å². The van der Waals surface area contributed by atoms with Gasteiger partial charge in [-0.05, 0) is 6.55 Å². The van der Waals surface area contributed by atoms with Crippen molar-refractivity contribution < 1.29 is 13.6 Å². The minimum absolute atomic E-state index is 0.0133. The van der Waals surface area contributed by atoms with E-state index in [1.54, 1.807) is 26.4 Å². The van der Waals surface area contributed by atoms with Gasteiger partial charge in [0.1, 0.15) is 0 Å². The van der Waals surface area contributed by atoms with E-state index in [1.165, 1.54) is 0 Å². The summed E-state index contributed by atoms with van der Waals surface area (Å²) in [5, 5.41) is 0. The summed E-state index contributed by atoms with van der Waals surface area (Å²) in [6.07, 6.45) is 0. The van der Waals surface area contributed by atoms with Crippen LogP contribution in [0.15, 0.2) is 30.3 Å². The molecule has 0 bridgehead atoms. The lowest BCUT2D eigenvalue weighted by Crippen LogP contribution is -2.12. The van der Waals surface area contributed by atoms with Crippen LogP contribution in [-0.2, 0) is 8.85 Å². The lowest BCUT2D eigenvalue weighted by atomic mass is 10.1. The molecule has 0 aliphatic heterocycles. The summed E-state index contributed by atoms with van der Waals surface area (Å²) in [5.41, 5.74) is 5.84. The lowest BCUT2D eigenvalue weighted by molar-refractivity contribution is 0.100. The van der Waals surface area contributed by atoms with Crippen LogP contribution in [0.5, 0.6) is 0 Å². The van der Waals surface area contributed by atoms with Gasteiger partial charge in [0.25, 0.3) is 0 Å². The second kappa shape index (κ2) is 9.23. The molecule has 0 saturated heterocycles. The first kappa shape index (κ1) is 15.0. The van der Waals surface area contributed by atoms with Crippen molar-refractivity contribution in [2.24, 2.45) is 5.73 Å². The Bertz CT molecular complexity index is 289. The van der Waals surface area contributed by atoms with E-state index in [1.807, 2.05) is 24.7 Å². The average Bonchev–Trinajstić information content (AvgIpc) is 2.38. The van der Waals surface area contributed by atoms with E-state index in [0.717, 1.165) is 0 Å². The van der Waals surface area contributed by atoms with Gasteiger partial charge in [0.05, 0.1) is 6.54 Å². The van der Waals surface area contributed by atoms with Crippen molar-refractivity contribution in [1.29, 1.82) is 0 Å². The van der Waals surface area contributed by atoms with E-state index in [4.69, 9.17) is 14.6 Å². The zero-order chi connectivity index (χ0) is 12.4. The van der Waals surface area contributed by atoms with Crippen molar-refractivity contribution in [3.05, 3.63) is 35.9 Å². The topological polar surface area (TPSA) is 61.6 Å². The Balaban J connectivity index is 0.000000325. The van der Waals surface area contributed by atoms with Crippen LogP contribution in [0.25, 0.3) is 0 Å². The van der Waals surface area contributed by atoms with Gasteiger partial charge in [0, 0.05) is 19.8 Å². The zero-order valence-corrected chi connectivity index (χ0v) is 11.1. The quantitative estimate of drug-likeness (QED) is 0.630. The number of hydrogen-bond acceptors (Lipinski definition) is 4. The van der Waals surface area contributed by atoms with E-state index in [2.05, 4.69) is 0 Å². The number of carbonyl (C=O) groups is 1. The molecule has 0 aromatic heterocycles. The molecular formula is C11H19NO3Si. The van der Waals surface area contributed by atoms with Crippen LogP contribution in [0.2, 0.25) is 6.55 Å². The van der Waals surface area contributed by atoms with Crippen LogP contribution < -0.4 is 5.73 Å². The highest BCUT2D eigenvalue weighted by Gasteiger charge is 1.98. The second-order valence-corrected chi connectivity index (χ2v) is 5.11. The minimum Gasteiger partial charge on any atom is -0.400 e. The number of rotatable bonds is 4. The van der Waals surface area contributed by atoms with Crippen LogP contribution >= 0.6 is 0 Å². The third kappa shape index (κ3) is 6.47. The van der Waals surface area contributed by atoms with Gasteiger partial charge in [-0.25, -0.2) is 0 Å². The van der Waals surface area contributed by atoms with Crippen molar-refractivity contribution in [2.45, 2.75) is 6.55 Å². The Hall–Kier alpha value is -1.01. The van der Waals surface area contributed by atoms with E-state index in [-0.39, 0.29) is 12.3 Å². The van der Waals surface area contributed by atoms with Crippen molar-refractivity contribution in [3.63, 3.8) is 0 Å². The Morgan fingerprint density at radius 1 is 1.25 bits per heavy atom. The van der Waals surface area contributed by atoms with Gasteiger partial charge in [-0.2, -0.15) is 0 Å². The van der Waals surface area contributed by atoms with E-state index in [9.17, 15) is 4.79 Å². The third-order valence-corrected chi connectivity index (χ3v) is 3.27. The SMILES string of the molecule is CO[SiH](C)OC.NCC(=O)c1ccccc1. The number of ketones is 1. The molecule has 0 unspecified atom stereocenters. The fourth-order valence-electron chi connectivity index (χ4n) is 0.838. The highest BCUT2D eigenvalue weighted by atomic mass is 28.3. The molecule has 0 aliphatic carbocycles. The molecule has 1 aromatic rings. The highest BCUT2D eigenvalue weighted by Crippen LogP contribution is 1.97. The second-order valence-electron chi connectivity index (χ2n) is 3.03. The summed E-state index contributed by atoms with van der Waals surface area (Å²) >= 11 is 0. The molecule has 0 heterocycles. The smallest absolute Gasteiger partial charge is 0.317 e. The molecule has 0 atom stereocenters. The maximum absolute atomic E-state index is 10.9. The summed E-state index contributed by atoms with van der Waals surface area (Å²) in [6.45, 7) is 2.06. The fourth-order valence-corrected chi connectivity index (χ4v) is 1.03. The van der Waals surface area contributed by atoms with Gasteiger partial charge in [-0.1, -0.05) is 30.3 Å². The molecule has 0 amide bonds. The van der Waals surface area contributed by atoms with Gasteiger partial charge < -0.3 is 14.6 Å². The highest BCUT2D eigenvalue weighted by molar-refractivity contribution is 6.42. The first-order valence-electron chi connectivity index (χ1n) is 4.99. The number of benzene rings is 1. The van der Waals surface area contributed by atoms with Crippen LogP contribution in [-0.4, -0.2) is 35.8 Å². The normalized spacial score (nSPS) is 9.56. The molecule has 16 heavy (non-hydrogen) atoms. The molecule has 2 N–H and O–H groups in total. The van der Waals surface area contributed by atoms with E-state index in [0.29, 0.717) is 5.56 Å². The van der Waals surface area contributed by atoms with Crippen molar-refractivity contribution in [2.75, 3.05) is 20.8 Å². The van der Waals surface area contributed by atoms with Crippen LogP contribution in [0.1, 0.15) is 10.4 Å². The summed E-state index contributed by atoms with van der Waals surface area (Å²) in [5.74, 6) is -0.0133. The molecule has 4 nitrogen and oxygen atoms in total. The van der Waals surface area contributed by atoms with Gasteiger partial charge in [0.15, 0.2) is 5.78 Å². The maximum atomic E-state index is 10.9. The molecule has 0 saturated carbocycles. The molecule has 0 spiro atoms. The number of carbonyl (C=O) groups excluding carboxylic acids is 1. The fraction of sp³-hybridized carbons (Fsp3) is 0.364. The molecular weight excluding hydrogens is 222 g/mol. The summed E-state index contributed by atoms with van der Waals surface area (Å²) in [6, 6.07) is 9.03. The Morgan fingerprint density at radius 3 is 2.06 bits per heavy atom. The first-order valence-corrected chi connectivity index (χ1v) is 7.09. The van der Waals surface area contributed by atoms with Crippen molar-refractivity contribution >= 4 is 15.1 Å². The monoisotopic (exact) mass is 241 g/mol. The summed E-state index contributed by atoms with van der Waals surface area (Å²) in [7, 11) is 2.17. The summed E-state index contributed by atoms with van der Waals surface area (Å²) < 4.78 is 9.63. The molecule has 0 aliphatic rings. The van der Waals surface area contributed by atoms with Crippen LogP contribution in [0.3, 0.4) is 0 Å².